The van der Waals surface area contributed by atoms with Crippen molar-refractivity contribution in [3.63, 3.8) is 0 Å². The summed E-state index contributed by atoms with van der Waals surface area (Å²) in [5.74, 6) is -1.26. The van der Waals surface area contributed by atoms with Crippen molar-refractivity contribution in [1.29, 1.82) is 0 Å². The summed E-state index contributed by atoms with van der Waals surface area (Å²) in [7, 11) is -0.246. The predicted molar refractivity (Wildman–Crippen MR) is 91.1 cm³/mol. The van der Waals surface area contributed by atoms with Crippen LogP contribution in [-0.2, 0) is 14.6 Å². The first-order valence-electron chi connectivity index (χ1n) is 7.42. The second-order valence-corrected chi connectivity index (χ2v) is 7.18. The number of allylic oxidation sites excluding steroid dienone is 1. The Kier molecular flexibility index (Phi) is 6.72. The van der Waals surface area contributed by atoms with Crippen LogP contribution in [0.15, 0.2) is 58.7 Å². The summed E-state index contributed by atoms with van der Waals surface area (Å²) in [6, 6.07) is 7.76. The first-order valence-corrected chi connectivity index (χ1v) is 8.97. The van der Waals surface area contributed by atoms with Gasteiger partial charge in [0, 0.05) is 12.1 Å². The fraction of sp³-hybridized carbons (Fsp3) is 0.353. The van der Waals surface area contributed by atoms with Gasteiger partial charge in [0.2, 0.25) is 5.78 Å². The molecule has 0 bridgehead atoms. The third kappa shape index (κ3) is 4.30. The maximum absolute atomic E-state index is 12.5. The molecule has 126 valence electrons. The Bertz CT molecular complexity index is 703. The molecule has 0 spiro atoms. The van der Waals surface area contributed by atoms with Gasteiger partial charge in [-0.25, -0.2) is 8.42 Å². The molecule has 1 aromatic carbocycles. The highest BCUT2D eigenvalue weighted by molar-refractivity contribution is 7.93. The summed E-state index contributed by atoms with van der Waals surface area (Å²) >= 11 is 0. The molecule has 0 amide bonds. The van der Waals surface area contributed by atoms with Crippen LogP contribution in [0.25, 0.3) is 0 Å². The summed E-state index contributed by atoms with van der Waals surface area (Å²) in [5, 5.41) is 8.59. The summed E-state index contributed by atoms with van der Waals surface area (Å²) in [6.07, 6.45) is 2.84. The zero-order valence-electron chi connectivity index (χ0n) is 13.9. The second kappa shape index (κ2) is 8.08. The lowest BCUT2D eigenvalue weighted by atomic mass is 10.0. The molecule has 0 aromatic heterocycles. The number of ketones is 1. The standard InChI is InChI=1S/C15H17NO4S.C2H6/c1-16(2)10-11-8-9-13(15(18)14(11)17)21(19,20)12-6-4-3-5-7-12;1-2/h3-9,13,17H,10H2,1-2H3;1-2H3. The number of carbonyl (C=O) groups is 1. The molecule has 0 heterocycles. The van der Waals surface area contributed by atoms with Crippen LogP contribution in [0, 0.1) is 0 Å². The Labute approximate surface area is 137 Å². The number of aliphatic hydroxyl groups is 1. The Morgan fingerprint density at radius 2 is 1.70 bits per heavy atom. The van der Waals surface area contributed by atoms with Gasteiger partial charge in [0.05, 0.1) is 4.90 Å². The van der Waals surface area contributed by atoms with E-state index >= 15 is 0 Å². The third-order valence-corrected chi connectivity index (χ3v) is 5.13. The number of hydrogen-bond donors (Lipinski definition) is 1. The molecule has 0 saturated carbocycles. The zero-order chi connectivity index (χ0) is 17.6. The Morgan fingerprint density at radius 1 is 1.13 bits per heavy atom. The number of benzene rings is 1. The molecule has 1 aliphatic rings. The van der Waals surface area contributed by atoms with E-state index < -0.39 is 26.6 Å². The van der Waals surface area contributed by atoms with Gasteiger partial charge >= 0.3 is 0 Å². The number of sulfone groups is 1. The van der Waals surface area contributed by atoms with Crippen LogP contribution >= 0.6 is 0 Å². The molecule has 0 aliphatic heterocycles. The normalized spacial score (nSPS) is 18.0. The van der Waals surface area contributed by atoms with Crippen molar-refractivity contribution >= 4 is 15.6 Å². The number of rotatable bonds is 4. The third-order valence-electron chi connectivity index (χ3n) is 3.16. The van der Waals surface area contributed by atoms with E-state index in [0.717, 1.165) is 0 Å². The lowest BCUT2D eigenvalue weighted by molar-refractivity contribution is -0.117. The van der Waals surface area contributed by atoms with E-state index in [1.54, 1.807) is 37.2 Å². The highest BCUT2D eigenvalue weighted by Gasteiger charge is 2.36. The van der Waals surface area contributed by atoms with Gasteiger partial charge in [-0.15, -0.1) is 0 Å². The van der Waals surface area contributed by atoms with Crippen molar-refractivity contribution in [3.8, 4) is 0 Å². The quantitative estimate of drug-likeness (QED) is 0.913. The number of nitrogens with zero attached hydrogens (tertiary/aromatic N) is 1. The maximum Gasteiger partial charge on any atom is 0.219 e. The minimum absolute atomic E-state index is 0.0665. The highest BCUT2D eigenvalue weighted by atomic mass is 32.2. The van der Waals surface area contributed by atoms with E-state index in [-0.39, 0.29) is 4.90 Å². The monoisotopic (exact) mass is 337 g/mol. The Balaban J connectivity index is 0.00000127. The molecule has 23 heavy (non-hydrogen) atoms. The van der Waals surface area contributed by atoms with Crippen LogP contribution in [0.4, 0.5) is 0 Å². The molecule has 1 aliphatic carbocycles. The lowest BCUT2D eigenvalue weighted by Gasteiger charge is -2.20. The molecule has 0 radical (unpaired) electrons. The molecular formula is C17H23NO4S. The molecule has 5 nitrogen and oxygen atoms in total. The maximum atomic E-state index is 12.5. The topological polar surface area (TPSA) is 74.7 Å². The van der Waals surface area contributed by atoms with Crippen LogP contribution in [0.5, 0.6) is 0 Å². The second-order valence-electron chi connectivity index (χ2n) is 5.11. The average molecular weight is 337 g/mol. The van der Waals surface area contributed by atoms with Crippen molar-refractivity contribution in [2.24, 2.45) is 0 Å². The number of likely N-dealkylation sites (N-methyl/N-ethyl adjacent to an activating group) is 1. The SMILES string of the molecule is CC.CN(C)CC1=C(O)C(=O)C(S(=O)(=O)c2ccccc2)C=C1. The molecule has 1 N–H and O–H groups in total. The Hall–Kier alpha value is -1.92. The minimum Gasteiger partial charge on any atom is -0.504 e. The zero-order valence-corrected chi connectivity index (χ0v) is 14.7. The van der Waals surface area contributed by atoms with Crippen molar-refractivity contribution in [1.82, 2.24) is 4.90 Å². The summed E-state index contributed by atoms with van der Waals surface area (Å²) in [6.45, 7) is 4.37. The van der Waals surface area contributed by atoms with Gasteiger partial charge < -0.3 is 10.0 Å². The first-order chi connectivity index (χ1) is 10.8. The van der Waals surface area contributed by atoms with Gasteiger partial charge in [-0.3, -0.25) is 4.79 Å². The van der Waals surface area contributed by atoms with Gasteiger partial charge in [0.25, 0.3) is 0 Å². The number of Topliss-reactive ketones (excluding diaryl/α,β-unsaturated/α-hetero) is 1. The molecule has 2 rings (SSSR count). The molecular weight excluding hydrogens is 314 g/mol. The van der Waals surface area contributed by atoms with Gasteiger partial charge in [-0.05, 0) is 26.2 Å². The molecule has 1 atom stereocenters. The van der Waals surface area contributed by atoms with Crippen molar-refractivity contribution in [2.75, 3.05) is 20.6 Å². The van der Waals surface area contributed by atoms with E-state index in [4.69, 9.17) is 0 Å². The van der Waals surface area contributed by atoms with Gasteiger partial charge in [-0.2, -0.15) is 0 Å². The lowest BCUT2D eigenvalue weighted by Crippen LogP contribution is -2.33. The summed E-state index contributed by atoms with van der Waals surface area (Å²) in [5.41, 5.74) is 0.421. The van der Waals surface area contributed by atoms with E-state index in [0.29, 0.717) is 12.1 Å². The predicted octanol–water partition coefficient (Wildman–Crippen LogP) is 2.37. The summed E-state index contributed by atoms with van der Waals surface area (Å²) in [4.78, 5) is 14.0. The van der Waals surface area contributed by atoms with Crippen LogP contribution in [0.1, 0.15) is 13.8 Å². The van der Waals surface area contributed by atoms with Crippen LogP contribution < -0.4 is 0 Å². The van der Waals surface area contributed by atoms with E-state index in [1.165, 1.54) is 24.3 Å². The van der Waals surface area contributed by atoms with E-state index in [9.17, 15) is 18.3 Å². The Morgan fingerprint density at radius 3 is 2.22 bits per heavy atom. The molecule has 6 heteroatoms. The number of aliphatic hydroxyl groups excluding tert-OH is 1. The van der Waals surface area contributed by atoms with Crippen LogP contribution in [0.2, 0.25) is 0 Å². The van der Waals surface area contributed by atoms with Crippen molar-refractivity contribution in [2.45, 2.75) is 24.0 Å². The largest absolute Gasteiger partial charge is 0.504 e. The number of hydrogen-bond acceptors (Lipinski definition) is 5. The average Bonchev–Trinajstić information content (AvgIpc) is 2.54. The fourth-order valence-electron chi connectivity index (χ4n) is 2.13. The van der Waals surface area contributed by atoms with E-state index in [1.807, 2.05) is 13.8 Å². The molecule has 0 fully saturated rings. The van der Waals surface area contributed by atoms with Crippen molar-refractivity contribution in [3.05, 3.63) is 53.8 Å². The minimum atomic E-state index is -3.84. The van der Waals surface area contributed by atoms with Gasteiger partial charge in [0.15, 0.2) is 20.8 Å². The van der Waals surface area contributed by atoms with E-state index in [2.05, 4.69) is 0 Å². The van der Waals surface area contributed by atoms with Crippen LogP contribution in [-0.4, -0.2) is 50.1 Å². The molecule has 1 aromatic rings. The fourth-order valence-corrected chi connectivity index (χ4v) is 3.64. The van der Waals surface area contributed by atoms with Crippen LogP contribution in [0.3, 0.4) is 0 Å². The first kappa shape index (κ1) is 19.1. The molecule has 0 saturated heterocycles. The highest BCUT2D eigenvalue weighted by Crippen LogP contribution is 2.24. The van der Waals surface area contributed by atoms with Gasteiger partial charge in [-0.1, -0.05) is 44.2 Å². The smallest absolute Gasteiger partial charge is 0.219 e. The van der Waals surface area contributed by atoms with Crippen molar-refractivity contribution < 1.29 is 18.3 Å². The number of carbonyl (C=O) groups excluding carboxylic acids is 1. The molecule has 1 unspecified atom stereocenters. The van der Waals surface area contributed by atoms with Gasteiger partial charge in [0.1, 0.15) is 0 Å². The summed E-state index contributed by atoms with van der Waals surface area (Å²) < 4.78 is 24.9.